The highest BCUT2D eigenvalue weighted by Gasteiger charge is 2.18. The number of morpholine rings is 1. The quantitative estimate of drug-likeness (QED) is 0.504. The lowest BCUT2D eigenvalue weighted by atomic mass is 10.0. The van der Waals surface area contributed by atoms with Crippen LogP contribution < -0.4 is 5.32 Å². The largest absolute Gasteiger partial charge is 0.379 e. The zero-order valence-electron chi connectivity index (χ0n) is 19.7. The number of amides is 1. The summed E-state index contributed by atoms with van der Waals surface area (Å²) in [4.78, 5) is 15.6. The van der Waals surface area contributed by atoms with Crippen molar-refractivity contribution in [2.45, 2.75) is 33.2 Å². The molecule has 2 aromatic carbocycles. The van der Waals surface area contributed by atoms with Crippen LogP contribution in [-0.4, -0.2) is 60.0 Å². The van der Waals surface area contributed by atoms with Crippen LogP contribution in [0, 0.1) is 13.8 Å². The summed E-state index contributed by atoms with van der Waals surface area (Å²) in [5, 5.41) is 7.93. The summed E-state index contributed by atoms with van der Waals surface area (Å²) >= 11 is 0. The second-order valence-corrected chi connectivity index (χ2v) is 8.79. The first-order valence-electron chi connectivity index (χ1n) is 11.9. The Balaban J connectivity index is 1.43. The Labute approximate surface area is 196 Å². The number of carbonyl (C=O) groups excluding carboxylic acids is 1. The zero-order chi connectivity index (χ0) is 23.0. The Morgan fingerprint density at radius 2 is 1.82 bits per heavy atom. The molecule has 1 aliphatic heterocycles. The van der Waals surface area contributed by atoms with Gasteiger partial charge in [0, 0.05) is 31.4 Å². The lowest BCUT2D eigenvalue weighted by Crippen LogP contribution is -2.37. The van der Waals surface area contributed by atoms with Crippen LogP contribution in [0.5, 0.6) is 0 Å². The van der Waals surface area contributed by atoms with Gasteiger partial charge in [-0.05, 0) is 56.0 Å². The van der Waals surface area contributed by atoms with E-state index in [2.05, 4.69) is 54.4 Å². The number of aromatic nitrogens is 2. The molecule has 1 amide bonds. The highest BCUT2D eigenvalue weighted by molar-refractivity contribution is 5.99. The third-order valence-corrected chi connectivity index (χ3v) is 6.26. The van der Waals surface area contributed by atoms with E-state index in [0.29, 0.717) is 18.7 Å². The topological polar surface area (TPSA) is 59.4 Å². The Morgan fingerprint density at radius 3 is 2.58 bits per heavy atom. The molecule has 0 atom stereocenters. The lowest BCUT2D eigenvalue weighted by Gasteiger charge is -2.26. The molecular formula is C27H34N4O2. The van der Waals surface area contributed by atoms with Gasteiger partial charge in [-0.25, -0.2) is 0 Å². The number of carbonyl (C=O) groups is 1. The minimum absolute atomic E-state index is 0.0612. The number of ether oxygens (including phenoxy) is 1. The van der Waals surface area contributed by atoms with Crippen molar-refractivity contribution in [3.63, 3.8) is 0 Å². The third-order valence-electron chi connectivity index (χ3n) is 6.26. The van der Waals surface area contributed by atoms with E-state index in [9.17, 15) is 4.79 Å². The summed E-state index contributed by atoms with van der Waals surface area (Å²) in [6.45, 7) is 10.2. The summed E-state index contributed by atoms with van der Waals surface area (Å²) in [6, 6.07) is 16.5. The number of rotatable bonds is 9. The van der Waals surface area contributed by atoms with E-state index < -0.39 is 0 Å². The maximum atomic E-state index is 13.1. The lowest BCUT2D eigenvalue weighted by molar-refractivity contribution is 0.0372. The number of aryl methyl sites for hydroxylation is 2. The average Bonchev–Trinajstić information content (AvgIpc) is 3.25. The van der Waals surface area contributed by atoms with Gasteiger partial charge < -0.3 is 10.1 Å². The highest BCUT2D eigenvalue weighted by Crippen LogP contribution is 2.25. The van der Waals surface area contributed by atoms with Gasteiger partial charge in [-0.3, -0.25) is 14.4 Å². The van der Waals surface area contributed by atoms with Crippen molar-refractivity contribution in [1.82, 2.24) is 20.0 Å². The maximum Gasteiger partial charge on any atom is 0.255 e. The normalized spacial score (nSPS) is 14.4. The minimum Gasteiger partial charge on any atom is -0.379 e. The molecule has 1 aliphatic rings. The van der Waals surface area contributed by atoms with E-state index in [1.54, 1.807) is 0 Å². The molecule has 2 heterocycles. The zero-order valence-corrected chi connectivity index (χ0v) is 19.7. The molecule has 0 unspecified atom stereocenters. The SMILES string of the molecule is Cc1ccc(-c2nn(Cc3ccccc3)cc2C(=O)NCCCCN2CCOCC2)cc1C. The number of hydrogen-bond acceptors (Lipinski definition) is 4. The van der Waals surface area contributed by atoms with E-state index >= 15 is 0 Å². The fraction of sp³-hybridized carbons (Fsp3) is 0.407. The standard InChI is InChI=1S/C27H34N4O2/c1-21-10-11-24(18-22(21)2)26-25(20-31(29-26)19-23-8-4-3-5-9-23)27(32)28-12-6-7-13-30-14-16-33-17-15-30/h3-5,8-11,18,20H,6-7,12-17,19H2,1-2H3,(H,28,32). The van der Waals surface area contributed by atoms with Gasteiger partial charge in [0.05, 0.1) is 25.3 Å². The van der Waals surface area contributed by atoms with E-state index in [-0.39, 0.29) is 5.91 Å². The molecule has 0 spiro atoms. The van der Waals surface area contributed by atoms with E-state index in [4.69, 9.17) is 9.84 Å². The number of benzene rings is 2. The number of nitrogens with zero attached hydrogens (tertiary/aromatic N) is 3. The summed E-state index contributed by atoms with van der Waals surface area (Å²) in [6.07, 6.45) is 3.90. The fourth-order valence-corrected chi connectivity index (χ4v) is 4.12. The summed E-state index contributed by atoms with van der Waals surface area (Å²) in [5.74, 6) is -0.0612. The molecule has 4 rings (SSSR count). The molecule has 3 aromatic rings. The average molecular weight is 447 g/mol. The number of unbranched alkanes of at least 4 members (excludes halogenated alkanes) is 1. The predicted octanol–water partition coefficient (Wildman–Crippen LogP) is 4.06. The van der Waals surface area contributed by atoms with Crippen LogP contribution in [0.25, 0.3) is 11.3 Å². The summed E-state index contributed by atoms with van der Waals surface area (Å²) < 4.78 is 7.27. The molecule has 1 fully saturated rings. The van der Waals surface area contributed by atoms with Gasteiger partial charge in [-0.1, -0.05) is 42.5 Å². The second-order valence-electron chi connectivity index (χ2n) is 8.79. The van der Waals surface area contributed by atoms with Crippen LogP contribution >= 0.6 is 0 Å². The van der Waals surface area contributed by atoms with Crippen LogP contribution in [-0.2, 0) is 11.3 Å². The first-order valence-corrected chi connectivity index (χ1v) is 11.9. The van der Waals surface area contributed by atoms with Crippen LogP contribution in [0.15, 0.2) is 54.7 Å². The molecule has 6 nitrogen and oxygen atoms in total. The maximum absolute atomic E-state index is 13.1. The second kappa shape index (κ2) is 11.3. The van der Waals surface area contributed by atoms with Crippen molar-refractivity contribution in [3.8, 4) is 11.3 Å². The van der Waals surface area contributed by atoms with Gasteiger partial charge in [-0.15, -0.1) is 0 Å². The molecule has 1 saturated heterocycles. The molecule has 0 radical (unpaired) electrons. The van der Waals surface area contributed by atoms with Gasteiger partial charge in [0.2, 0.25) is 0 Å². The Bertz CT molecular complexity index is 1060. The van der Waals surface area contributed by atoms with Crippen LogP contribution in [0.4, 0.5) is 0 Å². The van der Waals surface area contributed by atoms with Crippen molar-refractivity contribution in [2.24, 2.45) is 0 Å². The third kappa shape index (κ3) is 6.30. The Morgan fingerprint density at radius 1 is 1.03 bits per heavy atom. The monoisotopic (exact) mass is 446 g/mol. The molecule has 0 saturated carbocycles. The Hall–Kier alpha value is -2.96. The fourth-order valence-electron chi connectivity index (χ4n) is 4.12. The number of nitrogens with one attached hydrogen (secondary N) is 1. The van der Waals surface area contributed by atoms with Crippen LogP contribution in [0.1, 0.15) is 39.9 Å². The van der Waals surface area contributed by atoms with Crippen molar-refractivity contribution < 1.29 is 9.53 Å². The van der Waals surface area contributed by atoms with Gasteiger partial charge in [0.25, 0.3) is 5.91 Å². The van der Waals surface area contributed by atoms with Crippen LogP contribution in [0.2, 0.25) is 0 Å². The summed E-state index contributed by atoms with van der Waals surface area (Å²) in [7, 11) is 0. The van der Waals surface area contributed by atoms with Crippen molar-refractivity contribution >= 4 is 5.91 Å². The first-order chi connectivity index (χ1) is 16.1. The van der Waals surface area contributed by atoms with Crippen molar-refractivity contribution in [1.29, 1.82) is 0 Å². The minimum atomic E-state index is -0.0612. The predicted molar refractivity (Wildman–Crippen MR) is 132 cm³/mol. The molecule has 1 aromatic heterocycles. The molecular weight excluding hydrogens is 412 g/mol. The molecule has 33 heavy (non-hydrogen) atoms. The van der Waals surface area contributed by atoms with Crippen molar-refractivity contribution in [2.75, 3.05) is 39.4 Å². The van der Waals surface area contributed by atoms with E-state index in [0.717, 1.165) is 62.5 Å². The van der Waals surface area contributed by atoms with Crippen LogP contribution in [0.3, 0.4) is 0 Å². The smallest absolute Gasteiger partial charge is 0.255 e. The molecule has 0 aliphatic carbocycles. The molecule has 1 N–H and O–H groups in total. The van der Waals surface area contributed by atoms with Gasteiger partial charge in [0.15, 0.2) is 0 Å². The first kappa shape index (κ1) is 23.2. The molecule has 0 bridgehead atoms. The Kier molecular flexibility index (Phi) is 7.92. The van der Waals surface area contributed by atoms with Crippen molar-refractivity contribution in [3.05, 3.63) is 77.0 Å². The van der Waals surface area contributed by atoms with Gasteiger partial charge >= 0.3 is 0 Å². The number of hydrogen-bond donors (Lipinski definition) is 1. The van der Waals surface area contributed by atoms with E-state index in [1.165, 1.54) is 11.1 Å². The van der Waals surface area contributed by atoms with Gasteiger partial charge in [0.1, 0.15) is 5.69 Å². The molecule has 174 valence electrons. The molecule has 6 heteroatoms. The van der Waals surface area contributed by atoms with Gasteiger partial charge in [-0.2, -0.15) is 5.10 Å². The van der Waals surface area contributed by atoms with E-state index in [1.807, 2.05) is 29.1 Å². The highest BCUT2D eigenvalue weighted by atomic mass is 16.5. The summed E-state index contributed by atoms with van der Waals surface area (Å²) in [5.41, 5.74) is 5.92.